The summed E-state index contributed by atoms with van der Waals surface area (Å²) in [6.45, 7) is 1.45. The molecule has 0 saturated heterocycles. The summed E-state index contributed by atoms with van der Waals surface area (Å²) in [4.78, 5) is 27.4. The highest BCUT2D eigenvalue weighted by atomic mass is 16.5. The van der Waals surface area contributed by atoms with Crippen LogP contribution in [0, 0.1) is 6.92 Å². The Morgan fingerprint density at radius 3 is 2.77 bits per heavy atom. The summed E-state index contributed by atoms with van der Waals surface area (Å²) >= 11 is 0. The molecule has 0 bridgehead atoms. The molecule has 0 aliphatic heterocycles. The molecule has 0 aliphatic rings. The van der Waals surface area contributed by atoms with E-state index < -0.39 is 17.6 Å². The third-order valence-electron chi connectivity index (χ3n) is 3.25. The summed E-state index contributed by atoms with van der Waals surface area (Å²) < 4.78 is 6.13. The van der Waals surface area contributed by atoms with Crippen LogP contribution >= 0.6 is 0 Å². The van der Waals surface area contributed by atoms with Gasteiger partial charge in [-0.05, 0) is 24.6 Å². The molecule has 0 aliphatic carbocycles. The van der Waals surface area contributed by atoms with Gasteiger partial charge in [-0.25, -0.2) is 9.78 Å². The number of pyridine rings is 2. The molecule has 0 aromatic carbocycles. The predicted octanol–water partition coefficient (Wildman–Crippen LogP) is 0.992. The summed E-state index contributed by atoms with van der Waals surface area (Å²) in [6, 6.07) is 6.43. The third kappa shape index (κ3) is 3.15. The fourth-order valence-electron chi connectivity index (χ4n) is 2.08. The topological polar surface area (TPSA) is 102 Å². The molecule has 2 aromatic heterocycles. The van der Waals surface area contributed by atoms with Crippen molar-refractivity contribution in [3.05, 3.63) is 57.6 Å². The first-order valence-electron chi connectivity index (χ1n) is 6.56. The van der Waals surface area contributed by atoms with Crippen LogP contribution in [-0.2, 0) is 6.54 Å². The third-order valence-corrected chi connectivity index (χ3v) is 3.25. The minimum atomic E-state index is -1.29. The molecule has 2 N–H and O–H groups in total. The van der Waals surface area contributed by atoms with Crippen LogP contribution in [0.3, 0.4) is 0 Å². The maximum absolute atomic E-state index is 12.1. The number of carbonyl (C=O) groups is 1. The first-order chi connectivity index (χ1) is 10.4. The minimum Gasteiger partial charge on any atom is -0.481 e. The standard InChI is InChI=1S/C15H16N2O5/c1-9-6-7-17(14(19)13(9)15(20)21)8-11(18)10-4-3-5-12(16-10)22-2/h3-7,11,18H,8H2,1-2H3,(H,20,21). The Bertz CT molecular complexity index is 754. The number of rotatable bonds is 5. The van der Waals surface area contributed by atoms with Crippen molar-refractivity contribution in [3.63, 3.8) is 0 Å². The predicted molar refractivity (Wildman–Crippen MR) is 78.1 cm³/mol. The molecule has 1 atom stereocenters. The van der Waals surface area contributed by atoms with E-state index >= 15 is 0 Å². The second-order valence-electron chi connectivity index (χ2n) is 4.76. The normalized spacial score (nSPS) is 12.0. The molecular formula is C15H16N2O5. The van der Waals surface area contributed by atoms with Gasteiger partial charge in [-0.15, -0.1) is 0 Å². The summed E-state index contributed by atoms with van der Waals surface area (Å²) in [7, 11) is 1.46. The molecule has 7 nitrogen and oxygen atoms in total. The van der Waals surface area contributed by atoms with Crippen LogP contribution in [0.25, 0.3) is 0 Å². The first-order valence-corrected chi connectivity index (χ1v) is 6.56. The summed E-state index contributed by atoms with van der Waals surface area (Å²) in [5, 5.41) is 19.3. The number of ether oxygens (including phenoxy) is 1. The molecule has 0 amide bonds. The minimum absolute atomic E-state index is 0.0977. The summed E-state index contributed by atoms with van der Waals surface area (Å²) in [5.74, 6) is -0.940. The highest BCUT2D eigenvalue weighted by Crippen LogP contribution is 2.16. The number of carboxylic acids is 1. The van der Waals surface area contributed by atoms with E-state index in [0.29, 0.717) is 17.1 Å². The number of hydrogen-bond acceptors (Lipinski definition) is 5. The van der Waals surface area contributed by atoms with Crippen LogP contribution < -0.4 is 10.3 Å². The van der Waals surface area contributed by atoms with E-state index in [1.54, 1.807) is 25.1 Å². The molecule has 2 aromatic rings. The van der Waals surface area contributed by atoms with Crippen molar-refractivity contribution in [3.8, 4) is 5.88 Å². The van der Waals surface area contributed by atoms with E-state index in [2.05, 4.69) is 4.98 Å². The monoisotopic (exact) mass is 304 g/mol. The number of aromatic carboxylic acids is 1. The van der Waals surface area contributed by atoms with Gasteiger partial charge in [0.25, 0.3) is 5.56 Å². The van der Waals surface area contributed by atoms with Crippen LogP contribution in [0.1, 0.15) is 27.7 Å². The SMILES string of the molecule is COc1cccc(C(O)Cn2ccc(C)c(C(=O)O)c2=O)n1. The van der Waals surface area contributed by atoms with Crippen molar-refractivity contribution in [2.45, 2.75) is 19.6 Å². The van der Waals surface area contributed by atoms with E-state index in [4.69, 9.17) is 9.84 Å². The molecular weight excluding hydrogens is 288 g/mol. The van der Waals surface area contributed by atoms with Crippen molar-refractivity contribution in [1.29, 1.82) is 0 Å². The molecule has 0 saturated carbocycles. The van der Waals surface area contributed by atoms with Gasteiger partial charge >= 0.3 is 5.97 Å². The van der Waals surface area contributed by atoms with Gasteiger partial charge in [0, 0.05) is 12.3 Å². The van der Waals surface area contributed by atoms with E-state index in [0.717, 1.165) is 4.57 Å². The van der Waals surface area contributed by atoms with Crippen LogP contribution in [0.4, 0.5) is 0 Å². The number of carboxylic acid groups (broad SMARTS) is 1. The lowest BCUT2D eigenvalue weighted by atomic mass is 10.1. The Morgan fingerprint density at radius 2 is 2.14 bits per heavy atom. The summed E-state index contributed by atoms with van der Waals surface area (Å²) in [5.41, 5.74) is -0.241. The zero-order chi connectivity index (χ0) is 16.3. The second-order valence-corrected chi connectivity index (χ2v) is 4.76. The Kier molecular flexibility index (Phi) is 4.57. The van der Waals surface area contributed by atoms with Gasteiger partial charge in [-0.1, -0.05) is 6.07 Å². The molecule has 7 heteroatoms. The average Bonchev–Trinajstić information content (AvgIpc) is 2.50. The molecule has 0 radical (unpaired) electrons. The first kappa shape index (κ1) is 15.7. The number of hydrogen-bond donors (Lipinski definition) is 2. The van der Waals surface area contributed by atoms with Crippen molar-refractivity contribution >= 4 is 5.97 Å². The number of aryl methyl sites for hydroxylation is 1. The average molecular weight is 304 g/mol. The molecule has 116 valence electrons. The molecule has 2 rings (SSSR count). The lowest BCUT2D eigenvalue weighted by molar-refractivity contribution is 0.0692. The smallest absolute Gasteiger partial charge is 0.341 e. The van der Waals surface area contributed by atoms with Gasteiger partial charge in [0.15, 0.2) is 0 Å². The molecule has 22 heavy (non-hydrogen) atoms. The van der Waals surface area contributed by atoms with Crippen LogP contribution in [0.15, 0.2) is 35.3 Å². The van der Waals surface area contributed by atoms with Gasteiger partial charge in [0.1, 0.15) is 11.7 Å². The maximum Gasteiger partial charge on any atom is 0.341 e. The Morgan fingerprint density at radius 1 is 1.41 bits per heavy atom. The highest BCUT2D eigenvalue weighted by Gasteiger charge is 2.17. The van der Waals surface area contributed by atoms with E-state index in [9.17, 15) is 14.7 Å². The van der Waals surface area contributed by atoms with Crippen molar-refractivity contribution < 1.29 is 19.7 Å². The number of nitrogens with zero attached hydrogens (tertiary/aromatic N) is 2. The van der Waals surface area contributed by atoms with Gasteiger partial charge < -0.3 is 19.5 Å². The summed E-state index contributed by atoms with van der Waals surface area (Å²) in [6.07, 6.45) is 0.394. The van der Waals surface area contributed by atoms with Crippen molar-refractivity contribution in [1.82, 2.24) is 9.55 Å². The number of aliphatic hydroxyl groups excluding tert-OH is 1. The zero-order valence-corrected chi connectivity index (χ0v) is 12.2. The largest absolute Gasteiger partial charge is 0.481 e. The number of methoxy groups -OCH3 is 1. The van der Waals surface area contributed by atoms with Crippen LogP contribution in [0.5, 0.6) is 5.88 Å². The van der Waals surface area contributed by atoms with Gasteiger partial charge in [-0.2, -0.15) is 0 Å². The van der Waals surface area contributed by atoms with E-state index in [1.807, 2.05) is 0 Å². The van der Waals surface area contributed by atoms with E-state index in [1.165, 1.54) is 19.4 Å². The number of aliphatic hydroxyl groups is 1. The van der Waals surface area contributed by atoms with Crippen molar-refractivity contribution in [2.75, 3.05) is 7.11 Å². The fourth-order valence-corrected chi connectivity index (χ4v) is 2.08. The van der Waals surface area contributed by atoms with Crippen molar-refractivity contribution in [2.24, 2.45) is 0 Å². The van der Waals surface area contributed by atoms with Gasteiger partial charge in [0.05, 0.1) is 19.3 Å². The molecule has 0 spiro atoms. The highest BCUT2D eigenvalue weighted by molar-refractivity contribution is 5.88. The molecule has 0 fully saturated rings. The lowest BCUT2D eigenvalue weighted by Gasteiger charge is -2.14. The quantitative estimate of drug-likeness (QED) is 0.854. The van der Waals surface area contributed by atoms with E-state index in [-0.39, 0.29) is 12.1 Å². The van der Waals surface area contributed by atoms with Crippen LogP contribution in [0.2, 0.25) is 0 Å². The lowest BCUT2D eigenvalue weighted by Crippen LogP contribution is -2.29. The van der Waals surface area contributed by atoms with Gasteiger partial charge in [-0.3, -0.25) is 4.79 Å². The second kappa shape index (κ2) is 6.40. The Labute approximate surface area is 126 Å². The zero-order valence-electron chi connectivity index (χ0n) is 12.2. The van der Waals surface area contributed by atoms with Gasteiger partial charge in [0.2, 0.25) is 5.88 Å². The fraction of sp³-hybridized carbons (Fsp3) is 0.267. The Balaban J connectivity index is 2.32. The maximum atomic E-state index is 12.1. The number of aromatic nitrogens is 2. The Hall–Kier alpha value is -2.67. The molecule has 1 unspecified atom stereocenters. The molecule has 2 heterocycles. The van der Waals surface area contributed by atoms with Crippen LogP contribution in [-0.4, -0.2) is 32.8 Å².